The van der Waals surface area contributed by atoms with E-state index in [0.29, 0.717) is 5.92 Å². The van der Waals surface area contributed by atoms with E-state index in [2.05, 4.69) is 31.3 Å². The third kappa shape index (κ3) is 3.55. The van der Waals surface area contributed by atoms with E-state index in [1.54, 1.807) is 24.3 Å². The van der Waals surface area contributed by atoms with Crippen molar-refractivity contribution in [2.24, 2.45) is 0 Å². The minimum atomic E-state index is -0.256. The first-order chi connectivity index (χ1) is 12.0. The summed E-state index contributed by atoms with van der Waals surface area (Å²) < 4.78 is 26.6. The van der Waals surface area contributed by atoms with Crippen molar-refractivity contribution in [1.82, 2.24) is 0 Å². The molecular formula is C22H21F2N. The van der Waals surface area contributed by atoms with Crippen LogP contribution >= 0.6 is 0 Å². The molecule has 0 aliphatic heterocycles. The van der Waals surface area contributed by atoms with Crippen molar-refractivity contribution >= 4 is 5.69 Å². The molecular weight excluding hydrogens is 316 g/mol. The molecule has 128 valence electrons. The van der Waals surface area contributed by atoms with Crippen LogP contribution in [0.4, 0.5) is 14.5 Å². The molecule has 0 amide bonds. The molecule has 0 unspecified atom stereocenters. The maximum atomic E-state index is 13.3. The van der Waals surface area contributed by atoms with Gasteiger partial charge < -0.3 is 5.32 Å². The Morgan fingerprint density at radius 2 is 1.12 bits per heavy atom. The van der Waals surface area contributed by atoms with Crippen LogP contribution in [0.2, 0.25) is 0 Å². The minimum Gasteiger partial charge on any atom is -0.387 e. The van der Waals surface area contributed by atoms with Crippen LogP contribution in [0.5, 0.6) is 0 Å². The fourth-order valence-corrected chi connectivity index (χ4v) is 2.98. The molecule has 1 N–H and O–H groups in total. The lowest BCUT2D eigenvalue weighted by molar-refractivity contribution is 0.627. The third-order valence-electron chi connectivity index (χ3n) is 4.39. The Balaban J connectivity index is 2.26. The van der Waals surface area contributed by atoms with Gasteiger partial charge in [0.25, 0.3) is 0 Å². The zero-order valence-corrected chi connectivity index (χ0v) is 14.6. The predicted molar refractivity (Wildman–Crippen MR) is 101 cm³/mol. The van der Waals surface area contributed by atoms with E-state index in [1.807, 2.05) is 7.05 Å². The first kappa shape index (κ1) is 17.2. The van der Waals surface area contributed by atoms with Gasteiger partial charge in [0, 0.05) is 23.9 Å². The molecule has 3 aromatic rings. The Morgan fingerprint density at radius 3 is 1.44 bits per heavy atom. The lowest BCUT2D eigenvalue weighted by Crippen LogP contribution is -1.99. The van der Waals surface area contributed by atoms with Crippen molar-refractivity contribution in [3.63, 3.8) is 0 Å². The van der Waals surface area contributed by atoms with Gasteiger partial charge in [-0.15, -0.1) is 0 Å². The molecule has 0 fully saturated rings. The standard InChI is InChI=1S/C22H21F2N/c1-14(2)17-12-20(15-4-8-18(23)9-5-15)22(25-3)21(13-17)16-6-10-19(24)11-7-16/h4-14,25H,1-3H3. The van der Waals surface area contributed by atoms with Gasteiger partial charge in [0.05, 0.1) is 0 Å². The van der Waals surface area contributed by atoms with Crippen molar-refractivity contribution in [2.45, 2.75) is 19.8 Å². The number of anilines is 1. The second-order valence-electron chi connectivity index (χ2n) is 6.41. The van der Waals surface area contributed by atoms with Crippen molar-refractivity contribution in [3.8, 4) is 22.3 Å². The van der Waals surface area contributed by atoms with E-state index < -0.39 is 0 Å². The molecule has 1 nitrogen and oxygen atoms in total. The third-order valence-corrected chi connectivity index (χ3v) is 4.39. The second kappa shape index (κ2) is 7.06. The van der Waals surface area contributed by atoms with Gasteiger partial charge in [0.2, 0.25) is 0 Å². The van der Waals surface area contributed by atoms with Crippen LogP contribution in [0.3, 0.4) is 0 Å². The number of halogens is 2. The first-order valence-corrected chi connectivity index (χ1v) is 8.37. The van der Waals surface area contributed by atoms with Crippen LogP contribution in [0.1, 0.15) is 25.3 Å². The van der Waals surface area contributed by atoms with Crippen LogP contribution in [0.25, 0.3) is 22.3 Å². The molecule has 3 rings (SSSR count). The highest BCUT2D eigenvalue weighted by molar-refractivity contribution is 5.91. The monoisotopic (exact) mass is 337 g/mol. The fourth-order valence-electron chi connectivity index (χ4n) is 2.98. The van der Waals surface area contributed by atoms with E-state index in [0.717, 1.165) is 27.9 Å². The summed E-state index contributed by atoms with van der Waals surface area (Å²) in [4.78, 5) is 0. The van der Waals surface area contributed by atoms with Gasteiger partial charge in [-0.2, -0.15) is 0 Å². The molecule has 0 spiro atoms. The largest absolute Gasteiger partial charge is 0.387 e. The second-order valence-corrected chi connectivity index (χ2v) is 6.41. The van der Waals surface area contributed by atoms with Gasteiger partial charge in [-0.05, 0) is 59.0 Å². The van der Waals surface area contributed by atoms with Gasteiger partial charge in [-0.1, -0.05) is 38.1 Å². The van der Waals surface area contributed by atoms with Gasteiger partial charge in [0.1, 0.15) is 11.6 Å². The highest BCUT2D eigenvalue weighted by Gasteiger charge is 2.15. The highest BCUT2D eigenvalue weighted by Crippen LogP contribution is 2.39. The average molecular weight is 337 g/mol. The van der Waals surface area contributed by atoms with Crippen molar-refractivity contribution in [2.75, 3.05) is 12.4 Å². The number of hydrogen-bond acceptors (Lipinski definition) is 1. The van der Waals surface area contributed by atoms with Crippen LogP contribution < -0.4 is 5.32 Å². The quantitative estimate of drug-likeness (QED) is 0.576. The zero-order valence-electron chi connectivity index (χ0n) is 14.6. The Kier molecular flexibility index (Phi) is 4.84. The SMILES string of the molecule is CNc1c(-c2ccc(F)cc2)cc(C(C)C)cc1-c1ccc(F)cc1. The summed E-state index contributed by atoms with van der Waals surface area (Å²) in [6, 6.07) is 17.3. The normalized spacial score (nSPS) is 11.0. The molecule has 0 saturated carbocycles. The van der Waals surface area contributed by atoms with E-state index in [4.69, 9.17) is 0 Å². The minimum absolute atomic E-state index is 0.256. The van der Waals surface area contributed by atoms with Crippen LogP contribution in [0.15, 0.2) is 60.7 Å². The van der Waals surface area contributed by atoms with E-state index in [9.17, 15) is 8.78 Å². The Morgan fingerprint density at radius 1 is 0.720 bits per heavy atom. The van der Waals surface area contributed by atoms with Gasteiger partial charge in [-0.3, -0.25) is 0 Å². The molecule has 0 radical (unpaired) electrons. The average Bonchev–Trinajstić information content (AvgIpc) is 2.62. The summed E-state index contributed by atoms with van der Waals surface area (Å²) in [5, 5.41) is 3.27. The molecule has 25 heavy (non-hydrogen) atoms. The summed E-state index contributed by atoms with van der Waals surface area (Å²) in [6.45, 7) is 4.27. The molecule has 0 bridgehead atoms. The van der Waals surface area contributed by atoms with Crippen LogP contribution in [-0.2, 0) is 0 Å². The maximum Gasteiger partial charge on any atom is 0.123 e. The Hall–Kier alpha value is -2.68. The van der Waals surface area contributed by atoms with Crippen molar-refractivity contribution in [3.05, 3.63) is 77.9 Å². The Labute approximate surface area is 147 Å². The summed E-state index contributed by atoms with van der Waals surface area (Å²) in [5.41, 5.74) is 6.02. The lowest BCUT2D eigenvalue weighted by Gasteiger charge is -2.19. The van der Waals surface area contributed by atoms with Gasteiger partial charge in [-0.25, -0.2) is 8.78 Å². The molecule has 3 aromatic carbocycles. The van der Waals surface area contributed by atoms with E-state index in [-0.39, 0.29) is 11.6 Å². The van der Waals surface area contributed by atoms with Crippen molar-refractivity contribution < 1.29 is 8.78 Å². The number of rotatable bonds is 4. The van der Waals surface area contributed by atoms with Crippen LogP contribution in [0, 0.1) is 11.6 Å². The summed E-state index contributed by atoms with van der Waals surface area (Å²) in [5.74, 6) is -0.175. The summed E-state index contributed by atoms with van der Waals surface area (Å²) >= 11 is 0. The molecule has 0 saturated heterocycles. The van der Waals surface area contributed by atoms with Crippen LogP contribution in [-0.4, -0.2) is 7.05 Å². The van der Waals surface area contributed by atoms with Gasteiger partial charge >= 0.3 is 0 Å². The van der Waals surface area contributed by atoms with E-state index in [1.165, 1.54) is 29.8 Å². The predicted octanol–water partition coefficient (Wildman–Crippen LogP) is 6.46. The number of hydrogen-bond donors (Lipinski definition) is 1. The molecule has 0 aliphatic rings. The lowest BCUT2D eigenvalue weighted by atomic mass is 9.90. The van der Waals surface area contributed by atoms with Gasteiger partial charge in [0.15, 0.2) is 0 Å². The smallest absolute Gasteiger partial charge is 0.123 e. The molecule has 0 aromatic heterocycles. The fraction of sp³-hybridized carbons (Fsp3) is 0.182. The molecule has 0 heterocycles. The molecule has 0 aliphatic carbocycles. The van der Waals surface area contributed by atoms with E-state index >= 15 is 0 Å². The Bertz CT molecular complexity index is 799. The highest BCUT2D eigenvalue weighted by atomic mass is 19.1. The van der Waals surface area contributed by atoms with Crippen molar-refractivity contribution in [1.29, 1.82) is 0 Å². The summed E-state index contributed by atoms with van der Waals surface area (Å²) in [7, 11) is 1.87. The number of benzene rings is 3. The number of nitrogens with one attached hydrogen (secondary N) is 1. The zero-order chi connectivity index (χ0) is 18.0. The first-order valence-electron chi connectivity index (χ1n) is 8.37. The maximum absolute atomic E-state index is 13.3. The summed E-state index contributed by atoms with van der Waals surface area (Å²) in [6.07, 6.45) is 0. The topological polar surface area (TPSA) is 12.0 Å². The molecule has 3 heteroatoms. The molecule has 0 atom stereocenters.